The van der Waals surface area contributed by atoms with Gasteiger partial charge in [-0.2, -0.15) is 0 Å². The van der Waals surface area contributed by atoms with Gasteiger partial charge in [0.1, 0.15) is 0 Å². The summed E-state index contributed by atoms with van der Waals surface area (Å²) >= 11 is 0. The summed E-state index contributed by atoms with van der Waals surface area (Å²) in [6.45, 7) is 0. The molecule has 2 heteroatoms. The Bertz CT molecular complexity index is 536. The van der Waals surface area contributed by atoms with Crippen LogP contribution in [0.2, 0.25) is 0 Å². The van der Waals surface area contributed by atoms with Crippen molar-refractivity contribution in [3.05, 3.63) is 35.2 Å². The highest BCUT2D eigenvalue weighted by atomic mass is 16.3. The Labute approximate surface area is 114 Å². The van der Waals surface area contributed by atoms with E-state index in [9.17, 15) is 5.11 Å². The first-order chi connectivity index (χ1) is 9.27. The zero-order chi connectivity index (χ0) is 12.9. The van der Waals surface area contributed by atoms with E-state index < -0.39 is 5.60 Å². The summed E-state index contributed by atoms with van der Waals surface area (Å²) in [5.74, 6) is 0.850. The van der Waals surface area contributed by atoms with E-state index in [1.54, 1.807) is 0 Å². The maximum absolute atomic E-state index is 11.2. The highest BCUT2D eigenvalue weighted by Crippen LogP contribution is 2.51. The number of pyridine rings is 1. The van der Waals surface area contributed by atoms with Crippen molar-refractivity contribution in [3.63, 3.8) is 0 Å². The van der Waals surface area contributed by atoms with Crippen molar-refractivity contribution in [1.82, 2.24) is 4.98 Å². The summed E-state index contributed by atoms with van der Waals surface area (Å²) in [5, 5.41) is 11.2. The van der Waals surface area contributed by atoms with Gasteiger partial charge < -0.3 is 5.11 Å². The molecular weight excluding hydrogens is 234 g/mol. The molecule has 1 N–H and O–H groups in total. The van der Waals surface area contributed by atoms with E-state index in [2.05, 4.69) is 17.1 Å². The summed E-state index contributed by atoms with van der Waals surface area (Å²) in [7, 11) is 0. The monoisotopic (exact) mass is 255 g/mol. The average Bonchev–Trinajstić information content (AvgIpc) is 2.45. The van der Waals surface area contributed by atoms with E-state index in [0.29, 0.717) is 11.8 Å². The van der Waals surface area contributed by atoms with E-state index in [-0.39, 0.29) is 0 Å². The number of fused-ring (bicyclic) bond motifs is 4. The van der Waals surface area contributed by atoms with E-state index in [1.165, 1.54) is 48.9 Å². The minimum absolute atomic E-state index is 0.328. The number of aliphatic hydroxyl groups is 1. The molecule has 3 aliphatic rings. The minimum atomic E-state index is -0.447. The van der Waals surface area contributed by atoms with Crippen LogP contribution in [-0.2, 0) is 6.42 Å². The average molecular weight is 255 g/mol. The highest BCUT2D eigenvalue weighted by Gasteiger charge is 2.49. The van der Waals surface area contributed by atoms with Crippen LogP contribution >= 0.6 is 0 Å². The molecule has 1 aromatic rings. The molecule has 0 unspecified atom stereocenters. The van der Waals surface area contributed by atoms with Gasteiger partial charge in [0.25, 0.3) is 0 Å². The number of rotatable bonds is 0. The first-order valence-corrected chi connectivity index (χ1v) is 7.64. The van der Waals surface area contributed by atoms with Crippen molar-refractivity contribution >= 4 is 6.08 Å². The third-order valence-corrected chi connectivity index (χ3v) is 5.58. The van der Waals surface area contributed by atoms with Crippen molar-refractivity contribution in [2.75, 3.05) is 0 Å². The summed E-state index contributed by atoms with van der Waals surface area (Å²) in [4.78, 5) is 4.52. The van der Waals surface area contributed by atoms with Gasteiger partial charge in [-0.1, -0.05) is 30.6 Å². The van der Waals surface area contributed by atoms with Crippen LogP contribution in [0.5, 0.6) is 0 Å². The predicted molar refractivity (Wildman–Crippen MR) is 75.5 cm³/mol. The van der Waals surface area contributed by atoms with E-state index >= 15 is 0 Å². The fraction of sp³-hybridized carbons (Fsp3) is 0.588. The fourth-order valence-electron chi connectivity index (χ4n) is 4.57. The van der Waals surface area contributed by atoms with Gasteiger partial charge in [-0.15, -0.1) is 0 Å². The molecule has 2 fully saturated rings. The van der Waals surface area contributed by atoms with Gasteiger partial charge in [-0.3, -0.25) is 4.98 Å². The lowest BCUT2D eigenvalue weighted by Crippen LogP contribution is -2.52. The molecule has 19 heavy (non-hydrogen) atoms. The molecule has 2 saturated carbocycles. The second-order valence-electron chi connectivity index (χ2n) is 6.49. The molecule has 0 saturated heterocycles. The van der Waals surface area contributed by atoms with Crippen LogP contribution in [0.25, 0.3) is 6.08 Å². The Morgan fingerprint density at radius 1 is 1.26 bits per heavy atom. The predicted octanol–water partition coefficient (Wildman–Crippen LogP) is 3.35. The fourth-order valence-corrected chi connectivity index (χ4v) is 4.57. The Balaban J connectivity index is 1.76. The maximum atomic E-state index is 11.2. The molecule has 1 heterocycles. The molecule has 0 radical (unpaired) electrons. The topological polar surface area (TPSA) is 33.1 Å². The van der Waals surface area contributed by atoms with E-state index in [4.69, 9.17) is 0 Å². The van der Waals surface area contributed by atoms with Crippen LogP contribution in [0.1, 0.15) is 49.8 Å². The molecule has 0 spiro atoms. The number of hydrogen-bond donors (Lipinski definition) is 1. The minimum Gasteiger partial charge on any atom is -0.389 e. The SMILES string of the molecule is O[C@]12CCCC[C@H]1CCC1=Cc3cccnc3C[C@H]12. The standard InChI is InChI=1S/C17H21NO/c19-17-8-2-1-5-14(17)7-6-12-10-13-4-3-9-18-16(13)11-15(12)17/h3-4,9-10,14-15,19H,1-2,5-8,11H2/t14-,15+,17+/m0/s1. The van der Waals surface area contributed by atoms with Crippen molar-refractivity contribution < 1.29 is 5.11 Å². The molecule has 3 atom stereocenters. The Kier molecular flexibility index (Phi) is 2.56. The van der Waals surface area contributed by atoms with Crippen LogP contribution in [-0.4, -0.2) is 15.7 Å². The van der Waals surface area contributed by atoms with Crippen LogP contribution in [0.15, 0.2) is 23.9 Å². The summed E-state index contributed by atoms with van der Waals surface area (Å²) in [6, 6.07) is 4.17. The van der Waals surface area contributed by atoms with Gasteiger partial charge in [0, 0.05) is 17.8 Å². The van der Waals surface area contributed by atoms with Crippen molar-refractivity contribution in [3.8, 4) is 0 Å². The molecule has 100 valence electrons. The second-order valence-corrected chi connectivity index (χ2v) is 6.49. The van der Waals surface area contributed by atoms with Gasteiger partial charge in [-0.05, 0) is 49.7 Å². The number of aromatic nitrogens is 1. The second kappa shape index (κ2) is 4.17. The molecule has 4 rings (SSSR count). The zero-order valence-corrected chi connectivity index (χ0v) is 11.3. The summed E-state index contributed by atoms with van der Waals surface area (Å²) in [6.07, 6.45) is 12.2. The summed E-state index contributed by atoms with van der Waals surface area (Å²) in [5.41, 5.74) is 3.47. The lowest BCUT2D eigenvalue weighted by molar-refractivity contribution is -0.0993. The molecule has 2 nitrogen and oxygen atoms in total. The highest BCUT2D eigenvalue weighted by molar-refractivity contribution is 5.59. The molecule has 0 bridgehead atoms. The van der Waals surface area contributed by atoms with Crippen molar-refractivity contribution in [2.45, 2.75) is 50.5 Å². The molecule has 3 aliphatic carbocycles. The van der Waals surface area contributed by atoms with Crippen molar-refractivity contribution in [1.29, 1.82) is 0 Å². The first-order valence-electron chi connectivity index (χ1n) is 7.64. The Morgan fingerprint density at radius 3 is 3.16 bits per heavy atom. The molecule has 0 amide bonds. The molecular formula is C17H21NO. The molecule has 0 aliphatic heterocycles. The Hall–Kier alpha value is -1.15. The normalized spacial score (nSPS) is 36.8. The largest absolute Gasteiger partial charge is 0.389 e. The van der Waals surface area contributed by atoms with Crippen LogP contribution in [0.3, 0.4) is 0 Å². The zero-order valence-electron chi connectivity index (χ0n) is 11.3. The quantitative estimate of drug-likeness (QED) is 0.771. The lowest BCUT2D eigenvalue weighted by Gasteiger charge is -2.51. The van der Waals surface area contributed by atoms with Gasteiger partial charge in [0.2, 0.25) is 0 Å². The van der Waals surface area contributed by atoms with Gasteiger partial charge in [-0.25, -0.2) is 0 Å². The Morgan fingerprint density at radius 2 is 2.21 bits per heavy atom. The van der Waals surface area contributed by atoms with E-state index in [1.807, 2.05) is 12.3 Å². The third kappa shape index (κ3) is 1.69. The van der Waals surface area contributed by atoms with Gasteiger partial charge in [0.05, 0.1) is 5.60 Å². The van der Waals surface area contributed by atoms with Crippen LogP contribution < -0.4 is 0 Å². The maximum Gasteiger partial charge on any atom is 0.0744 e. The molecule has 0 aromatic carbocycles. The smallest absolute Gasteiger partial charge is 0.0744 e. The van der Waals surface area contributed by atoms with Gasteiger partial charge in [0.15, 0.2) is 0 Å². The summed E-state index contributed by atoms with van der Waals surface area (Å²) < 4.78 is 0. The van der Waals surface area contributed by atoms with Crippen molar-refractivity contribution in [2.24, 2.45) is 11.8 Å². The third-order valence-electron chi connectivity index (χ3n) is 5.58. The number of hydrogen-bond acceptors (Lipinski definition) is 2. The van der Waals surface area contributed by atoms with Crippen LogP contribution in [0.4, 0.5) is 0 Å². The number of nitrogens with zero attached hydrogens (tertiary/aromatic N) is 1. The van der Waals surface area contributed by atoms with Gasteiger partial charge >= 0.3 is 0 Å². The first kappa shape index (κ1) is 11.7. The van der Waals surface area contributed by atoms with Crippen LogP contribution in [0, 0.1) is 11.8 Å². The molecule has 1 aromatic heterocycles. The van der Waals surface area contributed by atoms with E-state index in [0.717, 1.165) is 12.8 Å². The lowest BCUT2D eigenvalue weighted by atomic mass is 9.58.